The van der Waals surface area contributed by atoms with Gasteiger partial charge < -0.3 is 0 Å². The molecular weight excluding hydrogens is 683 g/mol. The lowest BCUT2D eigenvalue weighted by molar-refractivity contribution is 0.925. The summed E-state index contributed by atoms with van der Waals surface area (Å²) in [4.78, 5) is 5.58. The minimum Gasteiger partial charge on any atom is -0.235 e. The predicted molar refractivity (Wildman–Crippen MR) is 241 cm³/mol. The van der Waals surface area contributed by atoms with Crippen molar-refractivity contribution in [1.82, 2.24) is 4.98 Å². The summed E-state index contributed by atoms with van der Waals surface area (Å²) in [6.07, 6.45) is 10.7. The van der Waals surface area contributed by atoms with Gasteiger partial charge in [0.05, 0.1) is 10.2 Å². The summed E-state index contributed by atoms with van der Waals surface area (Å²) in [5.41, 5.74) is 21.8. The van der Waals surface area contributed by atoms with E-state index in [2.05, 4.69) is 162 Å². The molecule has 55 heavy (non-hydrogen) atoms. The SMILES string of the molecule is C=C1CC/C=C\Cc2cc(-c3nc4c(-c5cccc(-c6ccccc6C)c5C)ccc(-c5cccc(-c6ccccc6C)c5CCC)c4s3)ccc2C1.CC. The topological polar surface area (TPSA) is 12.9 Å². The Hall–Kier alpha value is -5.31. The molecule has 1 aromatic heterocycles. The van der Waals surface area contributed by atoms with Crippen molar-refractivity contribution in [1.29, 1.82) is 0 Å². The van der Waals surface area contributed by atoms with Crippen LogP contribution in [0.25, 0.3) is 65.3 Å². The van der Waals surface area contributed by atoms with E-state index >= 15 is 0 Å². The zero-order valence-electron chi connectivity index (χ0n) is 33.4. The van der Waals surface area contributed by atoms with Gasteiger partial charge in [0, 0.05) is 16.7 Å². The van der Waals surface area contributed by atoms with Gasteiger partial charge >= 0.3 is 0 Å². The molecule has 0 radical (unpaired) electrons. The first kappa shape index (κ1) is 38.0. The maximum Gasteiger partial charge on any atom is 0.124 e. The van der Waals surface area contributed by atoms with Crippen LogP contribution in [0.2, 0.25) is 0 Å². The van der Waals surface area contributed by atoms with Gasteiger partial charge in [0.1, 0.15) is 5.01 Å². The molecule has 8 rings (SSSR count). The summed E-state index contributed by atoms with van der Waals surface area (Å²) in [5.74, 6) is 0. The van der Waals surface area contributed by atoms with Crippen molar-refractivity contribution >= 4 is 21.6 Å². The maximum absolute atomic E-state index is 5.58. The highest BCUT2D eigenvalue weighted by molar-refractivity contribution is 7.22. The van der Waals surface area contributed by atoms with Crippen molar-refractivity contribution in [3.05, 3.63) is 173 Å². The van der Waals surface area contributed by atoms with E-state index in [4.69, 9.17) is 4.98 Å². The van der Waals surface area contributed by atoms with Crippen LogP contribution < -0.4 is 0 Å². The highest BCUT2D eigenvalue weighted by Crippen LogP contribution is 2.46. The van der Waals surface area contributed by atoms with Crippen molar-refractivity contribution < 1.29 is 0 Å². The molecule has 0 atom stereocenters. The number of thiazole rings is 1. The van der Waals surface area contributed by atoms with E-state index in [9.17, 15) is 0 Å². The summed E-state index contributed by atoms with van der Waals surface area (Å²) in [7, 11) is 0. The van der Waals surface area contributed by atoms with E-state index in [1.54, 1.807) is 0 Å². The van der Waals surface area contributed by atoms with Crippen LogP contribution >= 0.6 is 11.3 Å². The molecule has 0 N–H and O–H groups in total. The Kier molecular flexibility index (Phi) is 11.7. The lowest BCUT2D eigenvalue weighted by Gasteiger charge is -2.18. The first-order valence-corrected chi connectivity index (χ1v) is 20.9. The first-order valence-electron chi connectivity index (χ1n) is 20.1. The van der Waals surface area contributed by atoms with Gasteiger partial charge in [0.2, 0.25) is 0 Å². The van der Waals surface area contributed by atoms with E-state index in [-0.39, 0.29) is 0 Å². The fraction of sp³-hybridized carbons (Fsp3) is 0.226. The second-order valence-corrected chi connectivity index (χ2v) is 15.7. The van der Waals surface area contributed by atoms with Crippen molar-refractivity contribution in [3.8, 4) is 55.1 Å². The van der Waals surface area contributed by atoms with Gasteiger partial charge in [-0.05, 0) is 126 Å². The molecule has 7 aromatic rings. The van der Waals surface area contributed by atoms with Crippen molar-refractivity contribution in [3.63, 3.8) is 0 Å². The summed E-state index contributed by atoms with van der Waals surface area (Å²) >= 11 is 1.84. The molecule has 1 aliphatic carbocycles. The van der Waals surface area contributed by atoms with Crippen LogP contribution in [0.5, 0.6) is 0 Å². The third-order valence-electron chi connectivity index (χ3n) is 11.1. The standard InChI is InChI=1S/C51H47NS.C2H6/c1-6-16-44-45(41-22-13-11-19-35(41)4)25-15-26-46(44)48-30-29-47(43-24-14-23-42(36(43)5)40-21-12-10-18-34(40)3)49-50(48)53-51(52-49)39-28-27-38-31-33(2)17-8-7-9-20-37(38)32-39;1-2/h7,9-15,18-19,21-30,32H,2,6,8,16-17,20,31H2,1,3-5H3;1-2H3/b9-7-;. The van der Waals surface area contributed by atoms with Crippen molar-refractivity contribution in [2.75, 3.05) is 0 Å². The van der Waals surface area contributed by atoms with Crippen LogP contribution in [-0.2, 0) is 19.3 Å². The van der Waals surface area contributed by atoms with E-state index in [1.807, 2.05) is 25.2 Å². The lowest BCUT2D eigenvalue weighted by Crippen LogP contribution is -1.96. The first-order chi connectivity index (χ1) is 26.9. The van der Waals surface area contributed by atoms with E-state index in [0.717, 1.165) is 49.0 Å². The number of hydrogen-bond donors (Lipinski definition) is 0. The molecule has 0 bridgehead atoms. The smallest absolute Gasteiger partial charge is 0.124 e. The van der Waals surface area contributed by atoms with Crippen LogP contribution in [-0.4, -0.2) is 4.98 Å². The molecule has 0 saturated carbocycles. The lowest BCUT2D eigenvalue weighted by atomic mass is 9.86. The highest BCUT2D eigenvalue weighted by atomic mass is 32.1. The van der Waals surface area contributed by atoms with E-state index in [0.29, 0.717) is 0 Å². The van der Waals surface area contributed by atoms with Gasteiger partial charge in [-0.15, -0.1) is 11.3 Å². The Labute approximate surface area is 333 Å². The number of aromatic nitrogens is 1. The van der Waals surface area contributed by atoms with E-state index in [1.165, 1.54) is 93.7 Å². The third kappa shape index (κ3) is 7.66. The van der Waals surface area contributed by atoms with Gasteiger partial charge in [0.25, 0.3) is 0 Å². The molecule has 0 saturated heterocycles. The molecule has 1 heterocycles. The van der Waals surface area contributed by atoms with Crippen molar-refractivity contribution in [2.24, 2.45) is 0 Å². The number of hydrogen-bond acceptors (Lipinski definition) is 2. The molecular formula is C53H53NS. The quantitative estimate of drug-likeness (QED) is 0.149. The molecule has 0 spiro atoms. The zero-order chi connectivity index (χ0) is 38.5. The summed E-state index contributed by atoms with van der Waals surface area (Å²) < 4.78 is 1.24. The van der Waals surface area contributed by atoms with Crippen LogP contribution in [0.1, 0.15) is 73.4 Å². The molecule has 1 nitrogen and oxygen atoms in total. The molecule has 0 fully saturated rings. The zero-order valence-corrected chi connectivity index (χ0v) is 34.2. The minimum atomic E-state index is 0.939. The molecule has 276 valence electrons. The highest BCUT2D eigenvalue weighted by Gasteiger charge is 2.22. The second kappa shape index (κ2) is 17.0. The number of rotatable bonds is 7. The Bertz CT molecular complexity index is 2530. The van der Waals surface area contributed by atoms with Crippen LogP contribution in [0.15, 0.2) is 140 Å². The maximum atomic E-state index is 5.58. The molecule has 0 aliphatic heterocycles. The molecule has 6 aromatic carbocycles. The normalized spacial score (nSPS) is 13.3. The molecule has 0 amide bonds. The summed E-state index contributed by atoms with van der Waals surface area (Å²) in [5, 5.41) is 1.07. The molecule has 1 aliphatic rings. The van der Waals surface area contributed by atoms with E-state index < -0.39 is 0 Å². The monoisotopic (exact) mass is 735 g/mol. The summed E-state index contributed by atoms with van der Waals surface area (Å²) in [6.45, 7) is 17.4. The van der Waals surface area contributed by atoms with Crippen molar-refractivity contribution in [2.45, 2.75) is 80.1 Å². The Balaban J connectivity index is 0.00000229. The Morgan fingerprint density at radius 3 is 1.91 bits per heavy atom. The fourth-order valence-corrected chi connectivity index (χ4v) is 9.35. The number of aryl methyl sites for hydroxylation is 2. The average molecular weight is 736 g/mol. The number of fused-ring (bicyclic) bond motifs is 2. The Morgan fingerprint density at radius 1 is 0.618 bits per heavy atom. The average Bonchev–Trinajstić information content (AvgIpc) is 3.68. The van der Waals surface area contributed by atoms with Gasteiger partial charge in [-0.25, -0.2) is 4.98 Å². The van der Waals surface area contributed by atoms with Crippen LogP contribution in [0, 0.1) is 20.8 Å². The van der Waals surface area contributed by atoms with Crippen LogP contribution in [0.3, 0.4) is 0 Å². The number of benzene rings is 6. The van der Waals surface area contributed by atoms with Gasteiger partial charge in [-0.2, -0.15) is 0 Å². The third-order valence-corrected chi connectivity index (χ3v) is 12.2. The fourth-order valence-electron chi connectivity index (χ4n) is 8.23. The predicted octanol–water partition coefficient (Wildman–Crippen LogP) is 15.5. The van der Waals surface area contributed by atoms with Gasteiger partial charge in [-0.1, -0.05) is 161 Å². The number of allylic oxidation sites excluding steroid dienone is 3. The second-order valence-electron chi connectivity index (χ2n) is 14.7. The van der Waals surface area contributed by atoms with Gasteiger partial charge in [-0.3, -0.25) is 0 Å². The molecule has 0 unspecified atom stereocenters. The number of nitrogens with zero attached hydrogens (tertiary/aromatic N) is 1. The largest absolute Gasteiger partial charge is 0.235 e. The summed E-state index contributed by atoms with van der Waals surface area (Å²) in [6, 6.07) is 42.8. The van der Waals surface area contributed by atoms with Gasteiger partial charge in [0.15, 0.2) is 0 Å². The van der Waals surface area contributed by atoms with Crippen LogP contribution in [0.4, 0.5) is 0 Å². The minimum absolute atomic E-state index is 0.939. The Morgan fingerprint density at radius 2 is 1.22 bits per heavy atom. The molecule has 2 heteroatoms.